The number of carbonyl (C=O) groups is 3. The smallest absolute Gasteiger partial charge is 0.328 e. The van der Waals surface area contributed by atoms with Crippen molar-refractivity contribution in [3.8, 4) is 0 Å². The van der Waals surface area contributed by atoms with Crippen molar-refractivity contribution in [2.24, 2.45) is 0 Å². The lowest BCUT2D eigenvalue weighted by Crippen LogP contribution is -2.44. The van der Waals surface area contributed by atoms with Crippen molar-refractivity contribution >= 4 is 40.8 Å². The molecule has 2 aromatic rings. The fourth-order valence-corrected chi connectivity index (χ4v) is 3.22. The summed E-state index contributed by atoms with van der Waals surface area (Å²) < 4.78 is 0. The van der Waals surface area contributed by atoms with E-state index in [1.165, 1.54) is 12.3 Å². The Labute approximate surface area is 168 Å². The van der Waals surface area contributed by atoms with Crippen molar-refractivity contribution in [1.82, 2.24) is 10.3 Å². The topological polar surface area (TPSA) is 91.4 Å². The minimum atomic E-state index is -0.487. The van der Waals surface area contributed by atoms with E-state index in [1.807, 2.05) is 0 Å². The molecule has 8 heteroatoms. The molecule has 0 bridgehead atoms. The van der Waals surface area contributed by atoms with Gasteiger partial charge in [0.25, 0.3) is 5.91 Å². The van der Waals surface area contributed by atoms with Crippen LogP contribution in [0.3, 0.4) is 0 Å². The van der Waals surface area contributed by atoms with Crippen LogP contribution in [0.4, 0.5) is 16.2 Å². The minimum absolute atomic E-state index is 0.194. The molecular formula is C20H21ClN4O3. The summed E-state index contributed by atoms with van der Waals surface area (Å²) in [5.74, 6) is -0.677. The van der Waals surface area contributed by atoms with Crippen LogP contribution in [0.1, 0.15) is 42.6 Å². The number of anilines is 2. The third-order valence-electron chi connectivity index (χ3n) is 4.39. The molecule has 0 unspecified atom stereocenters. The quantitative estimate of drug-likeness (QED) is 0.814. The second-order valence-corrected chi connectivity index (χ2v) is 6.87. The highest BCUT2D eigenvalue weighted by Crippen LogP contribution is 2.30. The lowest BCUT2D eigenvalue weighted by Gasteiger charge is -2.24. The lowest BCUT2D eigenvalue weighted by molar-refractivity contribution is -0.118. The van der Waals surface area contributed by atoms with E-state index >= 15 is 0 Å². The highest BCUT2D eigenvalue weighted by Gasteiger charge is 2.25. The van der Waals surface area contributed by atoms with Gasteiger partial charge < -0.3 is 10.6 Å². The molecule has 0 atom stereocenters. The van der Waals surface area contributed by atoms with Crippen LogP contribution in [0.15, 0.2) is 42.6 Å². The van der Waals surface area contributed by atoms with Crippen molar-refractivity contribution in [1.29, 1.82) is 0 Å². The molecule has 0 saturated carbocycles. The average Bonchev–Trinajstić information content (AvgIpc) is 2.69. The van der Waals surface area contributed by atoms with Crippen LogP contribution < -0.4 is 15.5 Å². The minimum Gasteiger partial charge on any atom is -0.337 e. The molecule has 1 aromatic carbocycles. The van der Waals surface area contributed by atoms with Crippen LogP contribution in [-0.4, -0.2) is 29.4 Å². The molecule has 1 saturated heterocycles. The number of rotatable bonds is 3. The number of urea groups is 1. The third-order valence-corrected chi connectivity index (χ3v) is 4.69. The van der Waals surface area contributed by atoms with E-state index in [0.29, 0.717) is 17.9 Å². The maximum atomic E-state index is 12.6. The van der Waals surface area contributed by atoms with Gasteiger partial charge in [-0.2, -0.15) is 0 Å². The summed E-state index contributed by atoms with van der Waals surface area (Å²) >= 11 is 6.35. The van der Waals surface area contributed by atoms with Crippen molar-refractivity contribution in [3.63, 3.8) is 0 Å². The highest BCUT2D eigenvalue weighted by molar-refractivity contribution is 6.35. The number of hydrogen-bond donors (Lipinski definition) is 2. The highest BCUT2D eigenvalue weighted by atomic mass is 35.5. The zero-order valence-corrected chi connectivity index (χ0v) is 16.0. The average molecular weight is 401 g/mol. The first-order valence-corrected chi connectivity index (χ1v) is 9.57. The Morgan fingerprint density at radius 3 is 2.68 bits per heavy atom. The van der Waals surface area contributed by atoms with Crippen molar-refractivity contribution in [3.05, 3.63) is 53.3 Å². The Hall–Kier alpha value is -2.93. The number of nitrogens with zero attached hydrogens (tertiary/aromatic N) is 2. The predicted octanol–water partition coefficient (Wildman–Crippen LogP) is 3.99. The number of pyridine rings is 1. The van der Waals surface area contributed by atoms with Gasteiger partial charge in [0, 0.05) is 24.8 Å². The molecule has 2 heterocycles. The van der Waals surface area contributed by atoms with E-state index in [9.17, 15) is 14.4 Å². The second kappa shape index (κ2) is 9.32. The van der Waals surface area contributed by atoms with Crippen LogP contribution >= 0.6 is 11.6 Å². The summed E-state index contributed by atoms with van der Waals surface area (Å²) in [6, 6.07) is 9.21. The summed E-state index contributed by atoms with van der Waals surface area (Å²) in [5, 5.41) is 5.65. The van der Waals surface area contributed by atoms with Gasteiger partial charge in [0.2, 0.25) is 5.91 Å². The van der Waals surface area contributed by atoms with Crippen molar-refractivity contribution in [2.45, 2.75) is 32.1 Å². The Bertz CT molecular complexity index is 853. The van der Waals surface area contributed by atoms with E-state index in [-0.39, 0.29) is 29.0 Å². The SMILES string of the molecule is O=C(Nc1ccc(N2C(=O)CCCCCCNC2=O)c(Cl)c1)c1ccccn1. The Morgan fingerprint density at radius 1 is 1.11 bits per heavy atom. The van der Waals surface area contributed by atoms with Gasteiger partial charge in [-0.1, -0.05) is 30.5 Å². The summed E-state index contributed by atoms with van der Waals surface area (Å²) in [4.78, 5) is 42.4. The molecule has 0 radical (unpaired) electrons. The number of benzene rings is 1. The molecule has 28 heavy (non-hydrogen) atoms. The van der Waals surface area contributed by atoms with E-state index in [2.05, 4.69) is 15.6 Å². The third kappa shape index (κ3) is 4.86. The molecule has 4 amide bonds. The molecule has 1 aliphatic rings. The molecule has 0 spiro atoms. The summed E-state index contributed by atoms with van der Waals surface area (Å²) in [6.07, 6.45) is 5.35. The fourth-order valence-electron chi connectivity index (χ4n) is 2.96. The van der Waals surface area contributed by atoms with Crippen LogP contribution in [0.2, 0.25) is 5.02 Å². The lowest BCUT2D eigenvalue weighted by atomic mass is 10.1. The van der Waals surface area contributed by atoms with Crippen molar-refractivity contribution < 1.29 is 14.4 Å². The zero-order valence-electron chi connectivity index (χ0n) is 15.3. The van der Waals surface area contributed by atoms with Crippen LogP contribution in [0, 0.1) is 0 Å². The van der Waals surface area contributed by atoms with Gasteiger partial charge in [-0.25, -0.2) is 9.69 Å². The van der Waals surface area contributed by atoms with Crippen LogP contribution in [0.5, 0.6) is 0 Å². The normalized spacial score (nSPS) is 15.7. The van der Waals surface area contributed by atoms with E-state index in [0.717, 1.165) is 30.6 Å². The van der Waals surface area contributed by atoms with Gasteiger partial charge in [0.1, 0.15) is 5.69 Å². The fraction of sp³-hybridized carbons (Fsp3) is 0.300. The summed E-state index contributed by atoms with van der Waals surface area (Å²) in [7, 11) is 0. The molecule has 1 aromatic heterocycles. The van der Waals surface area contributed by atoms with E-state index in [4.69, 9.17) is 11.6 Å². The number of nitrogens with one attached hydrogen (secondary N) is 2. The summed E-state index contributed by atoms with van der Waals surface area (Å²) in [6.45, 7) is 0.512. The number of halogens is 1. The number of carbonyl (C=O) groups excluding carboxylic acids is 3. The zero-order chi connectivity index (χ0) is 19.9. The van der Waals surface area contributed by atoms with Gasteiger partial charge >= 0.3 is 6.03 Å². The van der Waals surface area contributed by atoms with Gasteiger partial charge in [-0.3, -0.25) is 14.6 Å². The van der Waals surface area contributed by atoms with E-state index < -0.39 is 6.03 Å². The van der Waals surface area contributed by atoms with E-state index in [1.54, 1.807) is 30.3 Å². The maximum absolute atomic E-state index is 12.6. The van der Waals surface area contributed by atoms with Gasteiger partial charge in [0.15, 0.2) is 0 Å². The molecule has 3 rings (SSSR count). The first-order chi connectivity index (χ1) is 13.6. The first kappa shape index (κ1) is 19.8. The van der Waals surface area contributed by atoms with Crippen LogP contribution in [0.25, 0.3) is 0 Å². The molecule has 7 nitrogen and oxygen atoms in total. The standard InChI is InChI=1S/C20H21ClN4O3/c21-15-13-14(24-19(27)16-7-4-6-11-22-16)9-10-17(15)25-18(26)8-3-1-2-5-12-23-20(25)28/h4,6-7,9-11,13H,1-3,5,8,12H2,(H,23,28)(H,24,27). The molecular weight excluding hydrogens is 380 g/mol. The Balaban J connectivity index is 1.80. The number of amides is 4. The van der Waals surface area contributed by atoms with Gasteiger partial charge in [0.05, 0.1) is 10.7 Å². The molecule has 1 aliphatic heterocycles. The maximum Gasteiger partial charge on any atom is 0.328 e. The van der Waals surface area contributed by atoms with Crippen molar-refractivity contribution in [2.75, 3.05) is 16.8 Å². The molecule has 1 fully saturated rings. The first-order valence-electron chi connectivity index (χ1n) is 9.19. The van der Waals surface area contributed by atoms with Gasteiger partial charge in [-0.15, -0.1) is 0 Å². The summed E-state index contributed by atoms with van der Waals surface area (Å²) in [5.41, 5.74) is 1.01. The number of hydrogen-bond acceptors (Lipinski definition) is 4. The van der Waals surface area contributed by atoms with Gasteiger partial charge in [-0.05, 0) is 43.2 Å². The molecule has 0 aliphatic carbocycles. The molecule has 2 N–H and O–H groups in total. The largest absolute Gasteiger partial charge is 0.337 e. The number of aromatic nitrogens is 1. The number of imide groups is 1. The second-order valence-electron chi connectivity index (χ2n) is 6.46. The molecule has 146 valence electrons. The Kier molecular flexibility index (Phi) is 6.60. The van der Waals surface area contributed by atoms with Crippen LogP contribution in [-0.2, 0) is 4.79 Å². The Morgan fingerprint density at radius 2 is 1.93 bits per heavy atom. The predicted molar refractivity (Wildman–Crippen MR) is 108 cm³/mol. The monoisotopic (exact) mass is 400 g/mol.